The molecular formula is C12H16F. The number of benzene rings is 1. The van der Waals surface area contributed by atoms with Crippen LogP contribution in [-0.4, -0.2) is 0 Å². The molecule has 1 aromatic carbocycles. The van der Waals surface area contributed by atoms with Crippen molar-refractivity contribution in [2.45, 2.75) is 32.1 Å². The molecule has 0 unspecified atom stereocenters. The molecule has 0 aliphatic heterocycles. The summed E-state index contributed by atoms with van der Waals surface area (Å²) in [5, 5.41) is 0. The first-order chi connectivity index (χ1) is 6.43. The van der Waals surface area contributed by atoms with E-state index in [0.29, 0.717) is 6.42 Å². The first-order valence-electron chi connectivity index (χ1n) is 4.89. The first-order valence-corrected chi connectivity index (χ1v) is 4.89. The summed E-state index contributed by atoms with van der Waals surface area (Å²) < 4.78 is 11.6. The van der Waals surface area contributed by atoms with Crippen LogP contribution >= 0.6 is 0 Å². The molecule has 0 saturated heterocycles. The average molecular weight is 179 g/mol. The summed E-state index contributed by atoms with van der Waals surface area (Å²) in [6.45, 7) is 0.752. The third-order valence-corrected chi connectivity index (χ3v) is 2.12. The minimum Gasteiger partial charge on any atom is -0.244 e. The summed E-state index contributed by atoms with van der Waals surface area (Å²) in [7, 11) is 0. The Hall–Kier alpha value is -0.850. The van der Waals surface area contributed by atoms with Gasteiger partial charge in [0.15, 0.2) is 0 Å². The first kappa shape index (κ1) is 10.2. The van der Waals surface area contributed by atoms with E-state index in [1.165, 1.54) is 5.56 Å². The van der Waals surface area contributed by atoms with Crippen LogP contribution in [0.15, 0.2) is 30.3 Å². The maximum absolute atomic E-state index is 11.6. The van der Waals surface area contributed by atoms with Gasteiger partial charge in [-0.15, -0.1) is 0 Å². The quantitative estimate of drug-likeness (QED) is 0.580. The second kappa shape index (κ2) is 6.64. The molecule has 0 atom stereocenters. The number of hydrogen-bond acceptors (Lipinski definition) is 0. The van der Waals surface area contributed by atoms with Crippen molar-refractivity contribution in [2.24, 2.45) is 0 Å². The van der Waals surface area contributed by atoms with Crippen LogP contribution in [0.1, 0.15) is 31.2 Å². The van der Waals surface area contributed by atoms with Crippen LogP contribution in [0.25, 0.3) is 0 Å². The molecule has 1 aromatic rings. The van der Waals surface area contributed by atoms with E-state index in [2.05, 4.69) is 24.3 Å². The van der Waals surface area contributed by atoms with Crippen molar-refractivity contribution in [1.82, 2.24) is 0 Å². The van der Waals surface area contributed by atoms with Gasteiger partial charge < -0.3 is 0 Å². The van der Waals surface area contributed by atoms with Gasteiger partial charge in [-0.2, -0.15) is 0 Å². The van der Waals surface area contributed by atoms with E-state index in [1.54, 1.807) is 0 Å². The summed E-state index contributed by atoms with van der Waals surface area (Å²) in [5.41, 5.74) is 1.38. The SMILES string of the molecule is F[CH]CCCCCc1ccccc1. The van der Waals surface area contributed by atoms with E-state index >= 15 is 0 Å². The van der Waals surface area contributed by atoms with Crippen molar-refractivity contribution >= 4 is 0 Å². The fourth-order valence-electron chi connectivity index (χ4n) is 1.37. The molecule has 1 radical (unpaired) electrons. The van der Waals surface area contributed by atoms with Crippen molar-refractivity contribution in [3.05, 3.63) is 42.6 Å². The van der Waals surface area contributed by atoms with Gasteiger partial charge in [0.2, 0.25) is 0 Å². The molecule has 0 aliphatic rings. The molecule has 0 fully saturated rings. The van der Waals surface area contributed by atoms with Gasteiger partial charge in [0, 0.05) is 0 Å². The molecule has 13 heavy (non-hydrogen) atoms. The Labute approximate surface area is 79.8 Å². The minimum atomic E-state index is 0.606. The fourth-order valence-corrected chi connectivity index (χ4v) is 1.37. The lowest BCUT2D eigenvalue weighted by molar-refractivity contribution is 0.543. The zero-order valence-corrected chi connectivity index (χ0v) is 7.88. The predicted molar refractivity (Wildman–Crippen MR) is 54.0 cm³/mol. The Kier molecular flexibility index (Phi) is 5.23. The molecule has 1 heteroatoms. The summed E-state index contributed by atoms with van der Waals surface area (Å²) in [6.07, 6.45) is 4.98. The number of unbranched alkanes of at least 4 members (excludes halogenated alkanes) is 3. The van der Waals surface area contributed by atoms with Crippen LogP contribution in [-0.2, 0) is 6.42 Å². The molecule has 71 valence electrons. The van der Waals surface area contributed by atoms with Gasteiger partial charge in [0.1, 0.15) is 6.67 Å². The lowest BCUT2D eigenvalue weighted by Crippen LogP contribution is -1.84. The van der Waals surface area contributed by atoms with Crippen LogP contribution in [0.3, 0.4) is 0 Å². The highest BCUT2D eigenvalue weighted by atomic mass is 19.1. The van der Waals surface area contributed by atoms with Crippen molar-refractivity contribution in [2.75, 3.05) is 0 Å². The molecule has 0 heterocycles. The largest absolute Gasteiger partial charge is 0.244 e. The summed E-state index contributed by atoms with van der Waals surface area (Å²) >= 11 is 0. The number of hydrogen-bond donors (Lipinski definition) is 0. The normalized spacial score (nSPS) is 10.2. The predicted octanol–water partition coefficient (Wildman–Crippen LogP) is 3.92. The Bertz CT molecular complexity index is 206. The summed E-state index contributed by atoms with van der Waals surface area (Å²) in [5.74, 6) is 0. The number of halogens is 1. The highest BCUT2D eigenvalue weighted by Gasteiger charge is 1.92. The highest BCUT2D eigenvalue weighted by Crippen LogP contribution is 2.08. The van der Waals surface area contributed by atoms with E-state index in [4.69, 9.17) is 0 Å². The van der Waals surface area contributed by atoms with Gasteiger partial charge in [-0.1, -0.05) is 43.2 Å². The fraction of sp³-hybridized carbons (Fsp3) is 0.417. The lowest BCUT2D eigenvalue weighted by Gasteiger charge is -1.99. The van der Waals surface area contributed by atoms with Gasteiger partial charge >= 0.3 is 0 Å². The van der Waals surface area contributed by atoms with Gasteiger partial charge in [0.25, 0.3) is 0 Å². The molecular weight excluding hydrogens is 163 g/mol. The smallest absolute Gasteiger partial charge is 0.131 e. The Morgan fingerprint density at radius 1 is 1.00 bits per heavy atom. The van der Waals surface area contributed by atoms with Crippen molar-refractivity contribution < 1.29 is 4.39 Å². The van der Waals surface area contributed by atoms with E-state index in [1.807, 2.05) is 6.07 Å². The van der Waals surface area contributed by atoms with Crippen LogP contribution in [0, 0.1) is 6.67 Å². The standard InChI is InChI=1S/C12H16F/c13-11-7-2-1-4-8-12-9-5-3-6-10-12/h3,5-6,9-11H,1-2,4,7-8H2. The molecule has 1 rings (SSSR count). The molecule has 0 aliphatic carbocycles. The van der Waals surface area contributed by atoms with E-state index in [9.17, 15) is 4.39 Å². The number of aryl methyl sites for hydroxylation is 1. The molecule has 0 nitrogen and oxygen atoms in total. The van der Waals surface area contributed by atoms with Gasteiger partial charge in [-0.05, 0) is 24.8 Å². The van der Waals surface area contributed by atoms with Crippen LogP contribution in [0.5, 0.6) is 0 Å². The second-order valence-electron chi connectivity index (χ2n) is 3.24. The van der Waals surface area contributed by atoms with E-state index in [-0.39, 0.29) is 0 Å². The second-order valence-corrected chi connectivity index (χ2v) is 3.24. The van der Waals surface area contributed by atoms with Crippen molar-refractivity contribution in [1.29, 1.82) is 0 Å². The molecule has 0 saturated carbocycles. The van der Waals surface area contributed by atoms with Crippen LogP contribution in [0.4, 0.5) is 4.39 Å². The molecule has 0 bridgehead atoms. The maximum atomic E-state index is 11.6. The van der Waals surface area contributed by atoms with E-state index < -0.39 is 0 Å². The molecule has 0 aromatic heterocycles. The number of rotatable bonds is 6. The molecule has 0 N–H and O–H groups in total. The van der Waals surface area contributed by atoms with Crippen molar-refractivity contribution in [3.8, 4) is 0 Å². The summed E-state index contributed by atoms with van der Waals surface area (Å²) in [6, 6.07) is 10.4. The third-order valence-electron chi connectivity index (χ3n) is 2.12. The Balaban J connectivity index is 2.07. The maximum Gasteiger partial charge on any atom is 0.131 e. The minimum absolute atomic E-state index is 0.606. The zero-order valence-electron chi connectivity index (χ0n) is 7.88. The lowest BCUT2D eigenvalue weighted by atomic mass is 10.1. The Morgan fingerprint density at radius 3 is 2.46 bits per heavy atom. The monoisotopic (exact) mass is 179 g/mol. The summed E-state index contributed by atoms with van der Waals surface area (Å²) in [4.78, 5) is 0. The Morgan fingerprint density at radius 2 is 1.77 bits per heavy atom. The average Bonchev–Trinajstić information content (AvgIpc) is 2.19. The third kappa shape index (κ3) is 4.66. The van der Waals surface area contributed by atoms with Gasteiger partial charge in [-0.3, -0.25) is 0 Å². The van der Waals surface area contributed by atoms with Crippen LogP contribution < -0.4 is 0 Å². The zero-order chi connectivity index (χ0) is 9.36. The highest BCUT2D eigenvalue weighted by molar-refractivity contribution is 5.14. The van der Waals surface area contributed by atoms with Gasteiger partial charge in [0.05, 0.1) is 0 Å². The van der Waals surface area contributed by atoms with E-state index in [0.717, 1.165) is 32.4 Å². The molecule has 0 spiro atoms. The van der Waals surface area contributed by atoms with Crippen molar-refractivity contribution in [3.63, 3.8) is 0 Å². The topological polar surface area (TPSA) is 0 Å². The van der Waals surface area contributed by atoms with Gasteiger partial charge in [-0.25, -0.2) is 4.39 Å². The molecule has 0 amide bonds. The van der Waals surface area contributed by atoms with Crippen LogP contribution in [0.2, 0.25) is 0 Å².